The third-order valence-corrected chi connectivity index (χ3v) is 4.66. The van der Waals surface area contributed by atoms with Gasteiger partial charge in [0.25, 0.3) is 11.5 Å². The van der Waals surface area contributed by atoms with E-state index in [1.165, 1.54) is 0 Å². The maximum Gasteiger partial charge on any atom is 0.275 e. The van der Waals surface area contributed by atoms with Crippen molar-refractivity contribution in [2.45, 2.75) is 13.0 Å². The second-order valence-electron chi connectivity index (χ2n) is 6.23. The van der Waals surface area contributed by atoms with E-state index in [0.29, 0.717) is 16.5 Å². The van der Waals surface area contributed by atoms with Crippen LogP contribution in [-0.4, -0.2) is 28.1 Å². The van der Waals surface area contributed by atoms with Crippen LogP contribution in [0.5, 0.6) is 0 Å². The van der Waals surface area contributed by atoms with E-state index in [0.717, 1.165) is 11.0 Å². The number of hydrogen-bond acceptors (Lipinski definition) is 4. The summed E-state index contributed by atoms with van der Waals surface area (Å²) in [6, 6.07) is 16.3. The number of carbonyl (C=O) groups is 1. The molecule has 0 saturated heterocycles. The summed E-state index contributed by atoms with van der Waals surface area (Å²) in [5, 5.41) is 8.35. The van der Waals surface area contributed by atoms with Gasteiger partial charge in [0.1, 0.15) is 11.3 Å². The van der Waals surface area contributed by atoms with Gasteiger partial charge in [-0.3, -0.25) is 9.59 Å². The van der Waals surface area contributed by atoms with E-state index in [2.05, 4.69) is 10.2 Å². The van der Waals surface area contributed by atoms with Gasteiger partial charge in [0, 0.05) is 17.8 Å². The number of benzene rings is 2. The summed E-state index contributed by atoms with van der Waals surface area (Å²) in [5.74, 6) is 0.404. The highest BCUT2D eigenvalue weighted by atomic mass is 16.3. The molecule has 2 heterocycles. The maximum atomic E-state index is 13.0. The van der Waals surface area contributed by atoms with Crippen molar-refractivity contribution in [1.82, 2.24) is 15.1 Å². The maximum absolute atomic E-state index is 13.0. The van der Waals surface area contributed by atoms with E-state index < -0.39 is 0 Å². The minimum Gasteiger partial charge on any atom is -0.459 e. The molecule has 0 aliphatic heterocycles. The largest absolute Gasteiger partial charge is 0.459 e. The molecular formula is C20H17N3O3. The number of nitrogens with one attached hydrogen (secondary N) is 1. The number of H-pyrrole nitrogens is 1. The number of furan rings is 1. The summed E-state index contributed by atoms with van der Waals surface area (Å²) in [7, 11) is 1.70. The normalized spacial score (nSPS) is 12.4. The van der Waals surface area contributed by atoms with Crippen LogP contribution in [0.25, 0.3) is 21.7 Å². The second-order valence-corrected chi connectivity index (χ2v) is 6.23. The monoisotopic (exact) mass is 347 g/mol. The van der Waals surface area contributed by atoms with Crippen molar-refractivity contribution in [3.05, 3.63) is 76.4 Å². The lowest BCUT2D eigenvalue weighted by Gasteiger charge is -2.23. The molecule has 0 saturated carbocycles. The van der Waals surface area contributed by atoms with Crippen LogP contribution < -0.4 is 5.56 Å². The molecule has 0 spiro atoms. The Hall–Kier alpha value is -3.41. The van der Waals surface area contributed by atoms with Gasteiger partial charge < -0.3 is 9.32 Å². The third-order valence-electron chi connectivity index (χ3n) is 4.66. The zero-order valence-electron chi connectivity index (χ0n) is 14.4. The molecule has 1 amide bonds. The third kappa shape index (κ3) is 2.56. The van der Waals surface area contributed by atoms with Crippen LogP contribution in [0.4, 0.5) is 0 Å². The number of nitrogens with zero attached hydrogens (tertiary/aromatic N) is 2. The number of para-hydroxylation sites is 1. The van der Waals surface area contributed by atoms with Crippen molar-refractivity contribution in [2.24, 2.45) is 0 Å². The van der Waals surface area contributed by atoms with E-state index in [1.807, 2.05) is 37.3 Å². The van der Waals surface area contributed by atoms with Gasteiger partial charge in [0.05, 0.1) is 11.4 Å². The Kier molecular flexibility index (Phi) is 3.80. The highest BCUT2D eigenvalue weighted by molar-refractivity contribution is 6.04. The van der Waals surface area contributed by atoms with Crippen LogP contribution in [0.15, 0.2) is 63.8 Å². The molecule has 4 aromatic rings. The summed E-state index contributed by atoms with van der Waals surface area (Å²) in [4.78, 5) is 26.5. The van der Waals surface area contributed by atoms with E-state index in [4.69, 9.17) is 4.42 Å². The van der Waals surface area contributed by atoms with Crippen molar-refractivity contribution in [2.75, 3.05) is 7.05 Å². The first kappa shape index (κ1) is 16.1. The van der Waals surface area contributed by atoms with Gasteiger partial charge in [-0.1, -0.05) is 36.4 Å². The molecule has 6 heteroatoms. The quantitative estimate of drug-likeness (QED) is 0.615. The molecule has 2 aromatic carbocycles. The van der Waals surface area contributed by atoms with Gasteiger partial charge >= 0.3 is 0 Å². The van der Waals surface area contributed by atoms with Gasteiger partial charge in [-0.2, -0.15) is 5.10 Å². The van der Waals surface area contributed by atoms with E-state index >= 15 is 0 Å². The average molecular weight is 347 g/mol. The molecular weight excluding hydrogens is 330 g/mol. The first-order chi connectivity index (χ1) is 12.6. The van der Waals surface area contributed by atoms with Gasteiger partial charge in [0.2, 0.25) is 0 Å². The van der Waals surface area contributed by atoms with E-state index in [9.17, 15) is 9.59 Å². The van der Waals surface area contributed by atoms with Crippen molar-refractivity contribution in [3.63, 3.8) is 0 Å². The van der Waals surface area contributed by atoms with Crippen LogP contribution in [0.2, 0.25) is 0 Å². The number of aromatic amines is 1. The Morgan fingerprint density at radius 1 is 1.12 bits per heavy atom. The number of carbonyl (C=O) groups excluding carboxylic acids is 1. The molecule has 0 bridgehead atoms. The molecule has 1 N–H and O–H groups in total. The standard InChI is InChI=1S/C20H17N3O3/c1-12(17-11-13-7-3-6-10-16(13)26-17)23(2)20(25)18-14-8-4-5-9-15(14)19(24)22-21-18/h3-12H,1-2H3,(H,22,24). The van der Waals surface area contributed by atoms with Crippen LogP contribution in [0, 0.1) is 0 Å². The first-order valence-corrected chi connectivity index (χ1v) is 8.29. The van der Waals surface area contributed by atoms with Gasteiger partial charge in [-0.05, 0) is 25.1 Å². The van der Waals surface area contributed by atoms with Gasteiger partial charge in [0.15, 0.2) is 5.69 Å². The van der Waals surface area contributed by atoms with Crippen LogP contribution in [0.1, 0.15) is 29.2 Å². The molecule has 130 valence electrons. The number of amides is 1. The summed E-state index contributed by atoms with van der Waals surface area (Å²) in [6.45, 7) is 1.89. The molecule has 0 aliphatic carbocycles. The van der Waals surface area contributed by atoms with Crippen molar-refractivity contribution < 1.29 is 9.21 Å². The minimum atomic E-state index is -0.315. The second kappa shape index (κ2) is 6.15. The predicted molar refractivity (Wildman–Crippen MR) is 99.1 cm³/mol. The zero-order chi connectivity index (χ0) is 18.3. The predicted octanol–water partition coefficient (Wildman–Crippen LogP) is 3.50. The Balaban J connectivity index is 1.72. The van der Waals surface area contributed by atoms with Crippen molar-refractivity contribution >= 4 is 27.6 Å². The van der Waals surface area contributed by atoms with Crippen molar-refractivity contribution in [3.8, 4) is 0 Å². The van der Waals surface area contributed by atoms with Gasteiger partial charge in [-0.15, -0.1) is 0 Å². The minimum absolute atomic E-state index is 0.214. The van der Waals surface area contributed by atoms with Crippen molar-refractivity contribution in [1.29, 1.82) is 0 Å². The fraction of sp³-hybridized carbons (Fsp3) is 0.150. The lowest BCUT2D eigenvalue weighted by Crippen LogP contribution is -2.31. The molecule has 4 rings (SSSR count). The van der Waals surface area contributed by atoms with Crippen LogP contribution >= 0.6 is 0 Å². The lowest BCUT2D eigenvalue weighted by atomic mass is 10.1. The topological polar surface area (TPSA) is 79.2 Å². The fourth-order valence-electron chi connectivity index (χ4n) is 3.02. The average Bonchev–Trinajstić information content (AvgIpc) is 3.11. The zero-order valence-corrected chi connectivity index (χ0v) is 14.4. The van der Waals surface area contributed by atoms with Crippen LogP contribution in [0.3, 0.4) is 0 Å². The SMILES string of the molecule is CC(c1cc2ccccc2o1)N(C)C(=O)c1n[nH]c(=O)c2ccccc12. The molecule has 1 atom stereocenters. The smallest absolute Gasteiger partial charge is 0.275 e. The molecule has 0 radical (unpaired) electrons. The summed E-state index contributed by atoms with van der Waals surface area (Å²) >= 11 is 0. The first-order valence-electron chi connectivity index (χ1n) is 8.29. The molecule has 6 nitrogen and oxygen atoms in total. The Labute approximate surface area is 149 Å². The summed E-state index contributed by atoms with van der Waals surface area (Å²) in [5.41, 5.74) is 0.679. The fourth-order valence-corrected chi connectivity index (χ4v) is 3.02. The summed E-state index contributed by atoms with van der Waals surface area (Å²) in [6.07, 6.45) is 0. The molecule has 0 aliphatic rings. The number of rotatable bonds is 3. The number of aromatic nitrogens is 2. The highest BCUT2D eigenvalue weighted by Crippen LogP contribution is 2.28. The molecule has 2 aromatic heterocycles. The molecule has 26 heavy (non-hydrogen) atoms. The van der Waals surface area contributed by atoms with E-state index in [1.54, 1.807) is 36.2 Å². The lowest BCUT2D eigenvalue weighted by molar-refractivity contribution is 0.0722. The number of hydrogen-bond donors (Lipinski definition) is 1. The summed E-state index contributed by atoms with van der Waals surface area (Å²) < 4.78 is 5.87. The van der Waals surface area contributed by atoms with Gasteiger partial charge in [-0.25, -0.2) is 5.10 Å². The molecule has 0 fully saturated rings. The van der Waals surface area contributed by atoms with Crippen LogP contribution in [-0.2, 0) is 0 Å². The van der Waals surface area contributed by atoms with E-state index in [-0.39, 0.29) is 23.2 Å². The Morgan fingerprint density at radius 3 is 2.58 bits per heavy atom. The number of fused-ring (bicyclic) bond motifs is 2. The Bertz CT molecular complexity index is 1140. The highest BCUT2D eigenvalue weighted by Gasteiger charge is 2.24. The Morgan fingerprint density at radius 2 is 1.81 bits per heavy atom. The molecule has 1 unspecified atom stereocenters.